The van der Waals surface area contributed by atoms with Crippen LogP contribution in [0.25, 0.3) is 10.4 Å². The molecule has 4 nitrogen and oxygen atoms in total. The van der Waals surface area contributed by atoms with Gasteiger partial charge in [0.2, 0.25) is 0 Å². The number of aryl methyl sites for hydroxylation is 1. The number of benzene rings is 2. The van der Waals surface area contributed by atoms with Crippen LogP contribution < -0.4 is 16.0 Å². The first-order valence-corrected chi connectivity index (χ1v) is 10.9. The Bertz CT molecular complexity index is 1030. The summed E-state index contributed by atoms with van der Waals surface area (Å²) < 4.78 is 0.772. The molecule has 1 atom stereocenters. The Morgan fingerprint density at radius 2 is 2.00 bits per heavy atom. The van der Waals surface area contributed by atoms with Crippen LogP contribution in [0.2, 0.25) is 4.34 Å². The van der Waals surface area contributed by atoms with E-state index >= 15 is 0 Å². The van der Waals surface area contributed by atoms with Crippen molar-refractivity contribution in [1.82, 2.24) is 10.6 Å². The van der Waals surface area contributed by atoms with E-state index in [1.54, 1.807) is 11.3 Å². The van der Waals surface area contributed by atoms with Crippen molar-refractivity contribution in [2.75, 3.05) is 18.4 Å². The molecule has 1 aliphatic heterocycles. The van der Waals surface area contributed by atoms with E-state index in [1.165, 1.54) is 0 Å². The number of thiophene rings is 1. The number of rotatable bonds is 6. The highest BCUT2D eigenvalue weighted by Gasteiger charge is 2.18. The Balaban J connectivity index is 1.49. The highest BCUT2D eigenvalue weighted by atomic mass is 35.5. The first kappa shape index (κ1) is 20.0. The Morgan fingerprint density at radius 3 is 2.69 bits per heavy atom. The zero-order valence-corrected chi connectivity index (χ0v) is 18.0. The number of amides is 1. The molecule has 0 radical (unpaired) electrons. The van der Waals surface area contributed by atoms with E-state index in [0.717, 1.165) is 44.7 Å². The molecule has 0 saturated carbocycles. The molecule has 0 unspecified atom stereocenters. The third-order valence-corrected chi connectivity index (χ3v) is 6.51. The molecule has 3 aromatic rings. The molecule has 1 amide bonds. The number of hydrogen-bond acceptors (Lipinski definition) is 4. The van der Waals surface area contributed by atoms with Gasteiger partial charge in [-0.2, -0.15) is 0 Å². The van der Waals surface area contributed by atoms with Gasteiger partial charge in [-0.05, 0) is 60.9 Å². The minimum absolute atomic E-state index is 0.0602. The maximum absolute atomic E-state index is 13.0. The molecule has 4 rings (SSSR count). The zero-order valence-electron chi connectivity index (χ0n) is 16.5. The monoisotopic (exact) mass is 425 g/mol. The van der Waals surface area contributed by atoms with Gasteiger partial charge in [-0.15, -0.1) is 11.3 Å². The largest absolute Gasteiger partial charge is 0.380 e. The van der Waals surface area contributed by atoms with Gasteiger partial charge in [-0.3, -0.25) is 4.79 Å². The second-order valence-corrected chi connectivity index (χ2v) is 9.17. The summed E-state index contributed by atoms with van der Waals surface area (Å²) in [4.78, 5) is 14.1. The normalized spacial score (nSPS) is 14.9. The van der Waals surface area contributed by atoms with Crippen molar-refractivity contribution in [3.8, 4) is 10.4 Å². The van der Waals surface area contributed by atoms with Gasteiger partial charge >= 0.3 is 0 Å². The van der Waals surface area contributed by atoms with E-state index in [1.807, 2.05) is 56.3 Å². The van der Waals surface area contributed by atoms with E-state index in [2.05, 4.69) is 28.1 Å². The highest BCUT2D eigenvalue weighted by Crippen LogP contribution is 2.32. The fourth-order valence-corrected chi connectivity index (χ4v) is 4.41. The van der Waals surface area contributed by atoms with Crippen LogP contribution in [0.1, 0.15) is 34.5 Å². The minimum Gasteiger partial charge on any atom is -0.380 e. The lowest BCUT2D eigenvalue weighted by molar-refractivity contribution is 0.0939. The van der Waals surface area contributed by atoms with Crippen molar-refractivity contribution in [1.29, 1.82) is 0 Å². The topological polar surface area (TPSA) is 53.2 Å². The van der Waals surface area contributed by atoms with Crippen LogP contribution in [0.5, 0.6) is 0 Å². The molecule has 29 heavy (non-hydrogen) atoms. The van der Waals surface area contributed by atoms with Crippen LogP contribution in [0.4, 0.5) is 5.69 Å². The molecule has 3 N–H and O–H groups in total. The molecule has 1 saturated heterocycles. The summed E-state index contributed by atoms with van der Waals surface area (Å²) >= 11 is 7.63. The van der Waals surface area contributed by atoms with Crippen LogP contribution in [-0.4, -0.2) is 25.0 Å². The SMILES string of the molecule is Cc1ccc(NC2CNC2)cc1C(=O)N[C@H](C)c1cccc(-c2ccc(Cl)s2)c1. The summed E-state index contributed by atoms with van der Waals surface area (Å²) in [7, 11) is 0. The molecule has 0 spiro atoms. The molecule has 1 aromatic heterocycles. The summed E-state index contributed by atoms with van der Waals surface area (Å²) in [5.41, 5.74) is 4.82. The zero-order chi connectivity index (χ0) is 20.4. The van der Waals surface area contributed by atoms with Crippen molar-refractivity contribution < 1.29 is 4.79 Å². The number of carbonyl (C=O) groups excluding carboxylic acids is 1. The molecule has 1 aliphatic rings. The third kappa shape index (κ3) is 4.64. The predicted molar refractivity (Wildman–Crippen MR) is 122 cm³/mol. The maximum atomic E-state index is 13.0. The van der Waals surface area contributed by atoms with Gasteiger partial charge in [-0.25, -0.2) is 0 Å². The van der Waals surface area contributed by atoms with Crippen LogP contribution >= 0.6 is 22.9 Å². The third-order valence-electron chi connectivity index (χ3n) is 5.23. The summed E-state index contributed by atoms with van der Waals surface area (Å²) in [6.07, 6.45) is 0. The second kappa shape index (κ2) is 8.57. The number of anilines is 1. The fraction of sp³-hybridized carbons (Fsp3) is 0.261. The molecule has 150 valence electrons. The Hall–Kier alpha value is -2.34. The summed E-state index contributed by atoms with van der Waals surface area (Å²) in [6.45, 7) is 5.89. The average Bonchev–Trinajstić information content (AvgIpc) is 3.12. The summed E-state index contributed by atoms with van der Waals surface area (Å²) in [5.74, 6) is -0.0602. The summed E-state index contributed by atoms with van der Waals surface area (Å²) in [5, 5.41) is 9.85. The van der Waals surface area contributed by atoms with Gasteiger partial charge in [0, 0.05) is 29.2 Å². The van der Waals surface area contributed by atoms with Crippen LogP contribution in [0.3, 0.4) is 0 Å². The molecular weight excluding hydrogens is 402 g/mol. The predicted octanol–water partition coefficient (Wildman–Crippen LogP) is 5.25. The van der Waals surface area contributed by atoms with Crippen LogP contribution in [-0.2, 0) is 0 Å². The van der Waals surface area contributed by atoms with Gasteiger partial charge in [0.1, 0.15) is 0 Å². The van der Waals surface area contributed by atoms with E-state index < -0.39 is 0 Å². The molecule has 2 aromatic carbocycles. The van der Waals surface area contributed by atoms with Gasteiger partial charge < -0.3 is 16.0 Å². The first-order valence-electron chi connectivity index (χ1n) is 9.74. The molecule has 2 heterocycles. The molecule has 1 fully saturated rings. The van der Waals surface area contributed by atoms with E-state index in [0.29, 0.717) is 11.6 Å². The number of hydrogen-bond donors (Lipinski definition) is 3. The second-order valence-electron chi connectivity index (χ2n) is 7.45. The van der Waals surface area contributed by atoms with Gasteiger partial charge in [0.05, 0.1) is 16.4 Å². The highest BCUT2D eigenvalue weighted by molar-refractivity contribution is 7.19. The first-order chi connectivity index (χ1) is 14.0. The van der Waals surface area contributed by atoms with E-state index in [-0.39, 0.29) is 11.9 Å². The number of halogens is 1. The lowest BCUT2D eigenvalue weighted by Gasteiger charge is -2.29. The lowest BCUT2D eigenvalue weighted by atomic mass is 10.0. The molecular formula is C23H24ClN3OS. The Labute approximate surface area is 180 Å². The van der Waals surface area contributed by atoms with Crippen molar-refractivity contribution in [3.05, 3.63) is 75.6 Å². The maximum Gasteiger partial charge on any atom is 0.252 e. The fourth-order valence-electron chi connectivity index (χ4n) is 3.37. The standard InChI is InChI=1S/C23H24ClN3OS/c1-14-6-7-18(27-19-12-25-13-19)11-20(14)23(28)26-15(2)16-4-3-5-17(10-16)21-8-9-22(24)29-21/h3-11,15,19,25,27H,12-13H2,1-2H3,(H,26,28)/t15-/m1/s1. The Kier molecular flexibility index (Phi) is 5.90. The average molecular weight is 426 g/mol. The van der Waals surface area contributed by atoms with Crippen molar-refractivity contribution in [3.63, 3.8) is 0 Å². The quantitative estimate of drug-likeness (QED) is 0.505. The summed E-state index contributed by atoms with van der Waals surface area (Å²) in [6, 6.07) is 18.5. The molecule has 6 heteroatoms. The molecule has 0 aliphatic carbocycles. The lowest BCUT2D eigenvalue weighted by Crippen LogP contribution is -2.51. The van der Waals surface area contributed by atoms with Gasteiger partial charge in [0.25, 0.3) is 5.91 Å². The van der Waals surface area contributed by atoms with Gasteiger partial charge in [-0.1, -0.05) is 35.9 Å². The van der Waals surface area contributed by atoms with Crippen molar-refractivity contribution >= 4 is 34.5 Å². The van der Waals surface area contributed by atoms with Gasteiger partial charge in [0.15, 0.2) is 0 Å². The minimum atomic E-state index is -0.107. The Morgan fingerprint density at radius 1 is 1.17 bits per heavy atom. The molecule has 0 bridgehead atoms. The van der Waals surface area contributed by atoms with Crippen molar-refractivity contribution in [2.45, 2.75) is 25.9 Å². The number of nitrogens with one attached hydrogen (secondary N) is 3. The van der Waals surface area contributed by atoms with E-state index in [4.69, 9.17) is 11.6 Å². The smallest absolute Gasteiger partial charge is 0.252 e. The van der Waals surface area contributed by atoms with E-state index in [9.17, 15) is 4.79 Å². The van der Waals surface area contributed by atoms with Crippen molar-refractivity contribution in [2.24, 2.45) is 0 Å². The van der Waals surface area contributed by atoms with Crippen LogP contribution in [0.15, 0.2) is 54.6 Å². The number of carbonyl (C=O) groups is 1. The van der Waals surface area contributed by atoms with Crippen LogP contribution in [0, 0.1) is 6.92 Å².